The average Bonchev–Trinajstić information content (AvgIpc) is 2.35. The molecule has 0 radical (unpaired) electrons. The number of hydrogen-bond donors (Lipinski definition) is 0. The molecule has 18 heavy (non-hydrogen) atoms. The zero-order valence-electron chi connectivity index (χ0n) is 11.5. The first kappa shape index (κ1) is 14.5. The minimum Gasteiger partial charge on any atom is -0.459 e. The molecule has 0 N–H and O–H groups in total. The lowest BCUT2D eigenvalue weighted by Gasteiger charge is -2.11. The van der Waals surface area contributed by atoms with Gasteiger partial charge in [0.2, 0.25) is 0 Å². The van der Waals surface area contributed by atoms with E-state index in [0.717, 1.165) is 24.8 Å². The first-order valence-electron chi connectivity index (χ1n) is 6.61. The summed E-state index contributed by atoms with van der Waals surface area (Å²) in [5, 5.41) is 0. The highest BCUT2D eigenvalue weighted by Crippen LogP contribution is 2.18. The fourth-order valence-electron chi connectivity index (χ4n) is 1.66. The van der Waals surface area contributed by atoms with Gasteiger partial charge in [0.25, 0.3) is 0 Å². The van der Waals surface area contributed by atoms with E-state index in [1.165, 1.54) is 0 Å². The molecule has 1 aromatic carbocycles. The van der Waals surface area contributed by atoms with Crippen molar-refractivity contribution in [1.82, 2.24) is 0 Å². The smallest absolute Gasteiger partial charge is 0.338 e. The summed E-state index contributed by atoms with van der Waals surface area (Å²) in [6.45, 7) is 5.88. The first-order chi connectivity index (χ1) is 8.65. The van der Waals surface area contributed by atoms with Crippen molar-refractivity contribution in [3.05, 3.63) is 42.0 Å². The van der Waals surface area contributed by atoms with Gasteiger partial charge in [0, 0.05) is 0 Å². The van der Waals surface area contributed by atoms with E-state index >= 15 is 0 Å². The van der Waals surface area contributed by atoms with Crippen molar-refractivity contribution in [3.63, 3.8) is 0 Å². The van der Waals surface area contributed by atoms with Crippen LogP contribution >= 0.6 is 0 Å². The number of benzene rings is 1. The Hall–Kier alpha value is -1.57. The Morgan fingerprint density at radius 1 is 1.28 bits per heavy atom. The van der Waals surface area contributed by atoms with E-state index in [0.29, 0.717) is 5.57 Å². The predicted octanol–water partition coefficient (Wildman–Crippen LogP) is 4.21. The summed E-state index contributed by atoms with van der Waals surface area (Å²) in [5.74, 6) is -0.229. The van der Waals surface area contributed by atoms with E-state index in [9.17, 15) is 4.79 Å². The van der Waals surface area contributed by atoms with Gasteiger partial charge in [-0.2, -0.15) is 0 Å². The molecule has 1 aromatic rings. The quantitative estimate of drug-likeness (QED) is 0.427. The summed E-state index contributed by atoms with van der Waals surface area (Å²) < 4.78 is 5.29. The van der Waals surface area contributed by atoms with Crippen molar-refractivity contribution in [2.45, 2.75) is 46.1 Å². The van der Waals surface area contributed by atoms with E-state index < -0.39 is 0 Å². The summed E-state index contributed by atoms with van der Waals surface area (Å²) in [4.78, 5) is 12.1. The second-order valence-corrected chi connectivity index (χ2v) is 4.58. The van der Waals surface area contributed by atoms with E-state index in [1.54, 1.807) is 0 Å². The highest BCUT2D eigenvalue weighted by Gasteiger charge is 2.14. The molecule has 98 valence electrons. The van der Waals surface area contributed by atoms with Crippen LogP contribution in [0.4, 0.5) is 0 Å². The van der Waals surface area contributed by atoms with Crippen LogP contribution in [0.5, 0.6) is 0 Å². The van der Waals surface area contributed by atoms with Gasteiger partial charge in [0.05, 0.1) is 11.7 Å². The van der Waals surface area contributed by atoms with Crippen molar-refractivity contribution >= 4 is 11.5 Å². The maximum absolute atomic E-state index is 12.1. The number of allylic oxidation sites excluding steroid dienone is 1. The number of hydrogen-bond acceptors (Lipinski definition) is 2. The van der Waals surface area contributed by atoms with Crippen LogP contribution in [0.2, 0.25) is 0 Å². The standard InChI is InChI=1S/C16H22O2/c1-4-5-7-12-15(16(17)18-13(2)3)14-10-8-6-9-11-14/h6,8-13H,4-5,7H2,1-3H3/b15-12-. The lowest BCUT2D eigenvalue weighted by molar-refractivity contribution is -0.140. The minimum atomic E-state index is -0.229. The van der Waals surface area contributed by atoms with E-state index in [-0.39, 0.29) is 12.1 Å². The van der Waals surface area contributed by atoms with Crippen LogP contribution in [-0.4, -0.2) is 12.1 Å². The monoisotopic (exact) mass is 246 g/mol. The van der Waals surface area contributed by atoms with Crippen molar-refractivity contribution in [2.24, 2.45) is 0 Å². The predicted molar refractivity (Wildman–Crippen MR) is 75.2 cm³/mol. The largest absolute Gasteiger partial charge is 0.459 e. The third kappa shape index (κ3) is 4.74. The lowest BCUT2D eigenvalue weighted by atomic mass is 10.0. The molecule has 0 aromatic heterocycles. The number of rotatable bonds is 6. The van der Waals surface area contributed by atoms with E-state index in [1.807, 2.05) is 50.3 Å². The maximum atomic E-state index is 12.1. The average molecular weight is 246 g/mol. The van der Waals surface area contributed by atoms with Crippen LogP contribution in [-0.2, 0) is 9.53 Å². The van der Waals surface area contributed by atoms with E-state index in [4.69, 9.17) is 4.74 Å². The first-order valence-corrected chi connectivity index (χ1v) is 6.61. The molecule has 0 saturated carbocycles. The topological polar surface area (TPSA) is 26.3 Å². The molecule has 0 atom stereocenters. The van der Waals surface area contributed by atoms with Gasteiger partial charge in [-0.1, -0.05) is 56.2 Å². The highest BCUT2D eigenvalue weighted by molar-refractivity contribution is 6.16. The van der Waals surface area contributed by atoms with Gasteiger partial charge in [0.1, 0.15) is 0 Å². The Morgan fingerprint density at radius 3 is 2.50 bits per heavy atom. The summed E-state index contributed by atoms with van der Waals surface area (Å²) >= 11 is 0. The van der Waals surface area contributed by atoms with Gasteiger partial charge in [-0.25, -0.2) is 4.79 Å². The molecule has 0 aliphatic heterocycles. The molecular formula is C16H22O2. The Bertz CT molecular complexity index is 391. The summed E-state index contributed by atoms with van der Waals surface area (Å²) in [6.07, 6.45) is 5.02. The molecule has 2 nitrogen and oxygen atoms in total. The number of carbonyl (C=O) groups excluding carboxylic acids is 1. The van der Waals surface area contributed by atoms with Crippen molar-refractivity contribution < 1.29 is 9.53 Å². The molecule has 0 saturated heterocycles. The van der Waals surface area contributed by atoms with Crippen LogP contribution < -0.4 is 0 Å². The third-order valence-electron chi connectivity index (χ3n) is 2.55. The SMILES string of the molecule is CCCC/C=C(\C(=O)OC(C)C)c1ccccc1. The van der Waals surface area contributed by atoms with Crippen LogP contribution in [0.25, 0.3) is 5.57 Å². The molecular weight excluding hydrogens is 224 g/mol. The number of unbranched alkanes of at least 4 members (excludes halogenated alkanes) is 2. The zero-order valence-corrected chi connectivity index (χ0v) is 11.5. The molecule has 2 heteroatoms. The fourth-order valence-corrected chi connectivity index (χ4v) is 1.66. The van der Waals surface area contributed by atoms with Crippen LogP contribution in [0, 0.1) is 0 Å². The Kier molecular flexibility index (Phi) is 6.20. The van der Waals surface area contributed by atoms with Crippen LogP contribution in [0.1, 0.15) is 45.6 Å². The second kappa shape index (κ2) is 7.70. The van der Waals surface area contributed by atoms with Gasteiger partial charge in [0.15, 0.2) is 0 Å². The number of ether oxygens (including phenoxy) is 1. The maximum Gasteiger partial charge on any atom is 0.338 e. The normalized spacial score (nSPS) is 11.7. The Morgan fingerprint density at radius 2 is 1.94 bits per heavy atom. The molecule has 0 bridgehead atoms. The summed E-state index contributed by atoms with van der Waals surface area (Å²) in [7, 11) is 0. The molecule has 0 spiro atoms. The second-order valence-electron chi connectivity index (χ2n) is 4.58. The highest BCUT2D eigenvalue weighted by atomic mass is 16.5. The molecule has 0 unspecified atom stereocenters. The van der Waals surface area contributed by atoms with Gasteiger partial charge >= 0.3 is 5.97 Å². The third-order valence-corrected chi connectivity index (χ3v) is 2.55. The van der Waals surface area contributed by atoms with E-state index in [2.05, 4.69) is 6.92 Å². The molecule has 0 amide bonds. The van der Waals surface area contributed by atoms with Gasteiger partial charge in [-0.3, -0.25) is 0 Å². The zero-order chi connectivity index (χ0) is 13.4. The van der Waals surface area contributed by atoms with Crippen LogP contribution in [0.3, 0.4) is 0 Å². The Balaban J connectivity index is 2.88. The van der Waals surface area contributed by atoms with Gasteiger partial charge in [-0.05, 0) is 25.8 Å². The molecule has 0 heterocycles. The number of carbonyl (C=O) groups is 1. The number of esters is 1. The molecule has 0 aliphatic carbocycles. The lowest BCUT2D eigenvalue weighted by Crippen LogP contribution is -2.13. The van der Waals surface area contributed by atoms with Crippen molar-refractivity contribution in [1.29, 1.82) is 0 Å². The minimum absolute atomic E-state index is 0.0872. The Labute approximate surface area is 110 Å². The van der Waals surface area contributed by atoms with Crippen molar-refractivity contribution in [3.8, 4) is 0 Å². The molecule has 1 rings (SSSR count). The van der Waals surface area contributed by atoms with Crippen molar-refractivity contribution in [2.75, 3.05) is 0 Å². The fraction of sp³-hybridized carbons (Fsp3) is 0.438. The molecule has 0 aliphatic rings. The summed E-state index contributed by atoms with van der Waals surface area (Å²) in [6, 6.07) is 9.71. The van der Waals surface area contributed by atoms with Crippen LogP contribution in [0.15, 0.2) is 36.4 Å². The van der Waals surface area contributed by atoms with Gasteiger partial charge in [-0.15, -0.1) is 0 Å². The van der Waals surface area contributed by atoms with Gasteiger partial charge < -0.3 is 4.74 Å². The summed E-state index contributed by atoms with van der Waals surface area (Å²) in [5.41, 5.74) is 1.61. The molecule has 0 fully saturated rings.